The van der Waals surface area contributed by atoms with Gasteiger partial charge in [0.25, 0.3) is 0 Å². The summed E-state index contributed by atoms with van der Waals surface area (Å²) in [4.78, 5) is 11.4. The highest BCUT2D eigenvalue weighted by Crippen LogP contribution is 2.25. The molecule has 0 aliphatic carbocycles. The second-order valence-electron chi connectivity index (χ2n) is 5.33. The van der Waals surface area contributed by atoms with Crippen molar-refractivity contribution in [1.82, 2.24) is 5.32 Å². The molecule has 0 spiro atoms. The predicted octanol–water partition coefficient (Wildman–Crippen LogP) is 4.54. The van der Waals surface area contributed by atoms with Gasteiger partial charge < -0.3 is 15.4 Å². The van der Waals surface area contributed by atoms with Crippen molar-refractivity contribution >= 4 is 43.6 Å². The number of amides is 1. The Labute approximate surface area is 136 Å². The molecule has 1 aromatic carbocycles. The third-order valence-electron chi connectivity index (χ3n) is 2.27. The Balaban J connectivity index is 2.21. The number of alkyl carbamates (subject to hydrolysis) is 1. The standard InChI is InChI=1S/C14H20Br2N2O2/c1-14(2,3)20-13(19)18-8-4-7-17-12-6-5-10(15)9-11(12)16/h5-6,9,17H,4,7-8H2,1-3H3,(H,18,19). The number of anilines is 1. The van der Waals surface area contributed by atoms with Crippen LogP contribution in [0.25, 0.3) is 0 Å². The van der Waals surface area contributed by atoms with Gasteiger partial charge in [0.05, 0.1) is 0 Å². The fourth-order valence-corrected chi connectivity index (χ4v) is 2.64. The maximum Gasteiger partial charge on any atom is 0.407 e. The quantitative estimate of drug-likeness (QED) is 0.704. The van der Waals surface area contributed by atoms with E-state index in [9.17, 15) is 4.79 Å². The van der Waals surface area contributed by atoms with Gasteiger partial charge in [-0.2, -0.15) is 0 Å². The van der Waals surface area contributed by atoms with E-state index >= 15 is 0 Å². The molecule has 0 bridgehead atoms. The second-order valence-corrected chi connectivity index (χ2v) is 7.10. The third-order valence-corrected chi connectivity index (χ3v) is 3.42. The molecule has 0 aromatic heterocycles. The minimum Gasteiger partial charge on any atom is -0.444 e. The Hall–Kier alpha value is -0.750. The number of hydrogen-bond donors (Lipinski definition) is 2. The van der Waals surface area contributed by atoms with E-state index in [-0.39, 0.29) is 6.09 Å². The van der Waals surface area contributed by atoms with Gasteiger partial charge in [0.1, 0.15) is 5.60 Å². The van der Waals surface area contributed by atoms with Crippen LogP contribution in [-0.4, -0.2) is 24.8 Å². The van der Waals surface area contributed by atoms with E-state index in [4.69, 9.17) is 4.74 Å². The SMILES string of the molecule is CC(C)(C)OC(=O)NCCCNc1ccc(Br)cc1Br. The van der Waals surface area contributed by atoms with E-state index in [2.05, 4.69) is 42.5 Å². The lowest BCUT2D eigenvalue weighted by Gasteiger charge is -2.19. The zero-order valence-corrected chi connectivity index (χ0v) is 15.1. The molecule has 20 heavy (non-hydrogen) atoms. The molecular formula is C14H20Br2N2O2. The minimum absolute atomic E-state index is 0.373. The van der Waals surface area contributed by atoms with Gasteiger partial charge in [0.15, 0.2) is 0 Å². The lowest BCUT2D eigenvalue weighted by atomic mass is 10.2. The molecule has 0 radical (unpaired) electrons. The molecule has 1 amide bonds. The van der Waals surface area contributed by atoms with E-state index in [1.807, 2.05) is 39.0 Å². The predicted molar refractivity (Wildman–Crippen MR) is 89.2 cm³/mol. The summed E-state index contributed by atoms with van der Waals surface area (Å²) < 4.78 is 7.19. The molecule has 0 heterocycles. The summed E-state index contributed by atoms with van der Waals surface area (Å²) in [5, 5.41) is 6.03. The first-order valence-electron chi connectivity index (χ1n) is 6.44. The van der Waals surface area contributed by atoms with Gasteiger partial charge in [-0.3, -0.25) is 0 Å². The fraction of sp³-hybridized carbons (Fsp3) is 0.500. The van der Waals surface area contributed by atoms with Crippen LogP contribution >= 0.6 is 31.9 Å². The zero-order valence-electron chi connectivity index (χ0n) is 11.9. The van der Waals surface area contributed by atoms with Gasteiger partial charge in [-0.1, -0.05) is 15.9 Å². The van der Waals surface area contributed by atoms with Gasteiger partial charge in [0.2, 0.25) is 0 Å². The van der Waals surface area contributed by atoms with Gasteiger partial charge >= 0.3 is 6.09 Å². The normalized spacial score (nSPS) is 11.1. The first-order valence-corrected chi connectivity index (χ1v) is 8.02. The van der Waals surface area contributed by atoms with Crippen LogP contribution in [-0.2, 0) is 4.74 Å². The third kappa shape index (κ3) is 7.14. The summed E-state index contributed by atoms with van der Waals surface area (Å²) >= 11 is 6.90. The molecule has 2 N–H and O–H groups in total. The van der Waals surface area contributed by atoms with Crippen molar-refractivity contribution in [2.45, 2.75) is 32.8 Å². The summed E-state index contributed by atoms with van der Waals surface area (Å²) in [7, 11) is 0. The Morgan fingerprint density at radius 3 is 2.55 bits per heavy atom. The van der Waals surface area contributed by atoms with E-state index in [0.717, 1.165) is 27.6 Å². The van der Waals surface area contributed by atoms with Gasteiger partial charge in [-0.05, 0) is 61.3 Å². The maximum absolute atomic E-state index is 11.4. The van der Waals surface area contributed by atoms with Crippen LogP contribution in [0.3, 0.4) is 0 Å². The average Bonchev–Trinajstić information content (AvgIpc) is 2.28. The minimum atomic E-state index is -0.454. The number of hydrogen-bond acceptors (Lipinski definition) is 3. The summed E-state index contributed by atoms with van der Waals surface area (Å²) in [6.45, 7) is 6.89. The van der Waals surface area contributed by atoms with Crippen LogP contribution in [0.2, 0.25) is 0 Å². The lowest BCUT2D eigenvalue weighted by Crippen LogP contribution is -2.33. The Kier molecular flexibility index (Phi) is 6.82. The van der Waals surface area contributed by atoms with Crippen molar-refractivity contribution < 1.29 is 9.53 Å². The van der Waals surface area contributed by atoms with Crippen LogP contribution in [0.5, 0.6) is 0 Å². The molecule has 0 aliphatic rings. The summed E-state index contributed by atoms with van der Waals surface area (Å²) in [5.74, 6) is 0. The number of rotatable bonds is 5. The highest BCUT2D eigenvalue weighted by molar-refractivity contribution is 9.11. The largest absolute Gasteiger partial charge is 0.444 e. The molecule has 0 atom stereocenters. The summed E-state index contributed by atoms with van der Waals surface area (Å²) in [6, 6.07) is 5.96. The van der Waals surface area contributed by atoms with Gasteiger partial charge in [-0.25, -0.2) is 4.79 Å². The van der Waals surface area contributed by atoms with Crippen LogP contribution < -0.4 is 10.6 Å². The lowest BCUT2D eigenvalue weighted by molar-refractivity contribution is 0.0528. The van der Waals surface area contributed by atoms with E-state index in [1.165, 1.54) is 0 Å². The van der Waals surface area contributed by atoms with Crippen molar-refractivity contribution in [3.05, 3.63) is 27.1 Å². The number of nitrogens with one attached hydrogen (secondary N) is 2. The molecule has 1 aromatic rings. The number of ether oxygens (including phenoxy) is 1. The first-order chi connectivity index (χ1) is 9.28. The number of halogens is 2. The van der Waals surface area contributed by atoms with Crippen molar-refractivity contribution in [2.24, 2.45) is 0 Å². The topological polar surface area (TPSA) is 50.4 Å². The van der Waals surface area contributed by atoms with Crippen LogP contribution in [0.15, 0.2) is 27.1 Å². The fourth-order valence-electron chi connectivity index (χ4n) is 1.45. The van der Waals surface area contributed by atoms with Crippen LogP contribution in [0.4, 0.5) is 10.5 Å². The highest BCUT2D eigenvalue weighted by Gasteiger charge is 2.15. The molecule has 0 aliphatic heterocycles. The van der Waals surface area contributed by atoms with E-state index < -0.39 is 5.60 Å². The van der Waals surface area contributed by atoms with Crippen molar-refractivity contribution in [1.29, 1.82) is 0 Å². The van der Waals surface area contributed by atoms with E-state index in [0.29, 0.717) is 6.54 Å². The van der Waals surface area contributed by atoms with Gasteiger partial charge in [0, 0.05) is 27.7 Å². The second kappa shape index (κ2) is 7.88. The van der Waals surface area contributed by atoms with Crippen molar-refractivity contribution in [3.8, 4) is 0 Å². The monoisotopic (exact) mass is 406 g/mol. The first kappa shape index (κ1) is 17.3. The number of carbonyl (C=O) groups is 1. The molecule has 6 heteroatoms. The molecular weight excluding hydrogens is 388 g/mol. The Morgan fingerprint density at radius 2 is 1.95 bits per heavy atom. The van der Waals surface area contributed by atoms with Gasteiger partial charge in [-0.15, -0.1) is 0 Å². The molecule has 4 nitrogen and oxygen atoms in total. The summed E-state index contributed by atoms with van der Waals surface area (Å²) in [6.07, 6.45) is 0.448. The molecule has 1 rings (SSSR count). The maximum atomic E-state index is 11.4. The molecule has 0 saturated heterocycles. The zero-order chi connectivity index (χ0) is 15.2. The molecule has 0 saturated carbocycles. The smallest absolute Gasteiger partial charge is 0.407 e. The summed E-state index contributed by atoms with van der Waals surface area (Å²) in [5.41, 5.74) is 0.579. The van der Waals surface area contributed by atoms with E-state index in [1.54, 1.807) is 0 Å². The molecule has 112 valence electrons. The number of benzene rings is 1. The van der Waals surface area contributed by atoms with Crippen LogP contribution in [0.1, 0.15) is 27.2 Å². The highest BCUT2D eigenvalue weighted by atomic mass is 79.9. The average molecular weight is 408 g/mol. The number of carbonyl (C=O) groups excluding carboxylic acids is 1. The molecule has 0 fully saturated rings. The Morgan fingerprint density at radius 1 is 1.25 bits per heavy atom. The van der Waals surface area contributed by atoms with Crippen molar-refractivity contribution in [2.75, 3.05) is 18.4 Å². The van der Waals surface area contributed by atoms with Crippen molar-refractivity contribution in [3.63, 3.8) is 0 Å². The molecule has 0 unspecified atom stereocenters. The Bertz CT molecular complexity index is 459. The van der Waals surface area contributed by atoms with Crippen LogP contribution in [0, 0.1) is 0 Å².